The van der Waals surface area contributed by atoms with Gasteiger partial charge in [-0.15, -0.1) is 0 Å². The number of pyridine rings is 1. The third-order valence-electron chi connectivity index (χ3n) is 3.86. The Hall–Kier alpha value is -2.67. The second kappa shape index (κ2) is 6.09. The van der Waals surface area contributed by atoms with Crippen LogP contribution in [0.3, 0.4) is 0 Å². The highest BCUT2D eigenvalue weighted by atomic mass is 32.2. The number of nitrogens with zero attached hydrogens (tertiary/aromatic N) is 5. The Morgan fingerprint density at radius 3 is 2.71 bits per heavy atom. The van der Waals surface area contributed by atoms with Crippen LogP contribution in [0.2, 0.25) is 0 Å². The fourth-order valence-corrected chi connectivity index (χ4v) is 3.41. The van der Waals surface area contributed by atoms with Crippen molar-refractivity contribution in [3.8, 4) is 5.69 Å². The van der Waals surface area contributed by atoms with Crippen LogP contribution in [0.5, 0.6) is 0 Å². The predicted molar refractivity (Wildman–Crippen MR) is 93.8 cm³/mol. The van der Waals surface area contributed by atoms with E-state index in [1.807, 2.05) is 41.2 Å². The molecule has 120 valence electrons. The molecule has 0 radical (unpaired) electrons. The number of hydrogen-bond acceptors (Lipinski definition) is 5. The summed E-state index contributed by atoms with van der Waals surface area (Å²) in [4.78, 5) is 8.95. The summed E-state index contributed by atoms with van der Waals surface area (Å²) in [6, 6.07) is 12.1. The highest BCUT2D eigenvalue weighted by Crippen LogP contribution is 2.38. The van der Waals surface area contributed by atoms with Crippen molar-refractivity contribution >= 4 is 23.3 Å². The maximum Gasteiger partial charge on any atom is 0.162 e. The smallest absolute Gasteiger partial charge is 0.162 e. The SMILES string of the molecule is Cc1c(C2N=CSN2c2ccccn2)cnn1-c1ccc(F)cc1. The summed E-state index contributed by atoms with van der Waals surface area (Å²) >= 11 is 1.51. The molecule has 0 bridgehead atoms. The van der Waals surface area contributed by atoms with E-state index in [1.54, 1.807) is 23.0 Å². The van der Waals surface area contributed by atoms with Gasteiger partial charge in [-0.1, -0.05) is 6.07 Å². The molecule has 1 unspecified atom stereocenters. The number of anilines is 1. The van der Waals surface area contributed by atoms with E-state index < -0.39 is 0 Å². The van der Waals surface area contributed by atoms with Crippen molar-refractivity contribution in [2.75, 3.05) is 4.31 Å². The van der Waals surface area contributed by atoms with Crippen LogP contribution < -0.4 is 4.31 Å². The van der Waals surface area contributed by atoms with Crippen LogP contribution in [0.25, 0.3) is 5.69 Å². The molecule has 3 aromatic rings. The van der Waals surface area contributed by atoms with Crippen molar-refractivity contribution in [3.05, 3.63) is 71.9 Å². The van der Waals surface area contributed by atoms with Gasteiger partial charge in [0, 0.05) is 29.4 Å². The molecule has 0 N–H and O–H groups in total. The highest BCUT2D eigenvalue weighted by Gasteiger charge is 2.28. The summed E-state index contributed by atoms with van der Waals surface area (Å²) in [7, 11) is 0. The number of hydrogen-bond donors (Lipinski definition) is 0. The maximum absolute atomic E-state index is 13.1. The lowest BCUT2D eigenvalue weighted by molar-refractivity contribution is 0.627. The Kier molecular flexibility index (Phi) is 3.78. The van der Waals surface area contributed by atoms with Crippen LogP contribution in [0.4, 0.5) is 10.2 Å². The molecule has 5 nitrogen and oxygen atoms in total. The predicted octanol–water partition coefficient (Wildman–Crippen LogP) is 3.91. The van der Waals surface area contributed by atoms with E-state index >= 15 is 0 Å². The van der Waals surface area contributed by atoms with Crippen molar-refractivity contribution in [1.29, 1.82) is 0 Å². The van der Waals surface area contributed by atoms with E-state index in [-0.39, 0.29) is 12.0 Å². The van der Waals surface area contributed by atoms with E-state index in [2.05, 4.69) is 15.1 Å². The molecule has 0 saturated heterocycles. The number of benzene rings is 1. The first-order valence-electron chi connectivity index (χ1n) is 7.43. The molecule has 7 heteroatoms. The highest BCUT2D eigenvalue weighted by molar-refractivity contribution is 8.13. The minimum absolute atomic E-state index is 0.181. The van der Waals surface area contributed by atoms with Gasteiger partial charge in [0.15, 0.2) is 6.17 Å². The van der Waals surface area contributed by atoms with Gasteiger partial charge in [0.05, 0.1) is 17.4 Å². The molecule has 0 saturated carbocycles. The van der Waals surface area contributed by atoms with E-state index in [0.29, 0.717) is 0 Å². The second-order valence-electron chi connectivity index (χ2n) is 5.32. The van der Waals surface area contributed by atoms with Crippen LogP contribution in [0.15, 0.2) is 59.9 Å². The average molecular weight is 339 g/mol. The molecule has 0 fully saturated rings. The Morgan fingerprint density at radius 2 is 1.96 bits per heavy atom. The summed E-state index contributed by atoms with van der Waals surface area (Å²) in [5.41, 5.74) is 4.59. The molecule has 1 aliphatic heterocycles. The molecule has 24 heavy (non-hydrogen) atoms. The average Bonchev–Trinajstić information content (AvgIpc) is 3.23. The van der Waals surface area contributed by atoms with E-state index in [4.69, 9.17) is 0 Å². The molecule has 0 amide bonds. The van der Waals surface area contributed by atoms with Crippen LogP contribution in [-0.2, 0) is 0 Å². The summed E-state index contributed by atoms with van der Waals surface area (Å²) < 4.78 is 17.0. The standard InChI is InChI=1S/C17H14FN5S/c1-12-15(10-21-22(12)14-7-5-13(18)6-8-14)17-20-11-24-23(17)16-4-2-3-9-19-16/h2-11,17H,1H3. The molecule has 3 heterocycles. The monoisotopic (exact) mass is 339 g/mol. The van der Waals surface area contributed by atoms with Gasteiger partial charge in [0.2, 0.25) is 0 Å². The quantitative estimate of drug-likeness (QED) is 0.679. The van der Waals surface area contributed by atoms with Crippen LogP contribution in [-0.4, -0.2) is 20.3 Å². The molecular weight excluding hydrogens is 325 g/mol. The first kappa shape index (κ1) is 14.9. The van der Waals surface area contributed by atoms with Gasteiger partial charge in [-0.05, 0) is 43.3 Å². The molecule has 0 spiro atoms. The van der Waals surface area contributed by atoms with E-state index in [0.717, 1.165) is 22.8 Å². The summed E-state index contributed by atoms with van der Waals surface area (Å²) in [5, 5.41) is 4.45. The summed E-state index contributed by atoms with van der Waals surface area (Å²) in [5.74, 6) is 0.584. The fraction of sp³-hybridized carbons (Fsp3) is 0.118. The van der Waals surface area contributed by atoms with Gasteiger partial charge in [-0.2, -0.15) is 5.10 Å². The summed E-state index contributed by atoms with van der Waals surface area (Å²) in [6.45, 7) is 1.99. The van der Waals surface area contributed by atoms with Gasteiger partial charge in [0.25, 0.3) is 0 Å². The van der Waals surface area contributed by atoms with Crippen LogP contribution >= 0.6 is 11.9 Å². The van der Waals surface area contributed by atoms with Gasteiger partial charge >= 0.3 is 0 Å². The first-order valence-corrected chi connectivity index (χ1v) is 8.27. The normalized spacial score (nSPS) is 16.8. The number of halogens is 1. The lowest BCUT2D eigenvalue weighted by atomic mass is 10.2. The van der Waals surface area contributed by atoms with Crippen LogP contribution in [0, 0.1) is 12.7 Å². The van der Waals surface area contributed by atoms with Crippen LogP contribution in [0.1, 0.15) is 17.4 Å². The minimum Gasteiger partial charge on any atom is -0.267 e. The Balaban J connectivity index is 1.70. The Morgan fingerprint density at radius 1 is 1.12 bits per heavy atom. The van der Waals surface area contributed by atoms with Gasteiger partial charge < -0.3 is 0 Å². The molecule has 1 aromatic carbocycles. The topological polar surface area (TPSA) is 46.3 Å². The van der Waals surface area contributed by atoms with Gasteiger partial charge in [-0.3, -0.25) is 9.30 Å². The zero-order valence-electron chi connectivity index (χ0n) is 12.9. The van der Waals surface area contributed by atoms with Crippen molar-refractivity contribution in [1.82, 2.24) is 14.8 Å². The lowest BCUT2D eigenvalue weighted by Gasteiger charge is -2.22. The molecule has 4 rings (SSSR count). The molecule has 2 aromatic heterocycles. The molecule has 1 aliphatic rings. The van der Waals surface area contributed by atoms with Crippen molar-refractivity contribution in [3.63, 3.8) is 0 Å². The Bertz CT molecular complexity index is 876. The molecular formula is C17H14FN5S. The largest absolute Gasteiger partial charge is 0.267 e. The van der Waals surface area contributed by atoms with E-state index in [9.17, 15) is 4.39 Å². The van der Waals surface area contributed by atoms with Crippen molar-refractivity contribution in [2.45, 2.75) is 13.1 Å². The van der Waals surface area contributed by atoms with Crippen molar-refractivity contribution < 1.29 is 4.39 Å². The third-order valence-corrected chi connectivity index (χ3v) is 4.69. The third kappa shape index (κ3) is 2.56. The van der Waals surface area contributed by atoms with Gasteiger partial charge in [0.1, 0.15) is 11.6 Å². The molecule has 0 aliphatic carbocycles. The Labute approximate surface area is 143 Å². The fourth-order valence-electron chi connectivity index (χ4n) is 2.64. The first-order chi connectivity index (χ1) is 11.7. The lowest BCUT2D eigenvalue weighted by Crippen LogP contribution is -2.17. The summed E-state index contributed by atoms with van der Waals surface area (Å²) in [6.07, 6.45) is 3.39. The minimum atomic E-state index is -0.262. The number of aromatic nitrogens is 3. The van der Waals surface area contributed by atoms with Gasteiger partial charge in [-0.25, -0.2) is 14.1 Å². The second-order valence-corrected chi connectivity index (χ2v) is 6.14. The number of aliphatic imine (C=N–C) groups is 1. The zero-order chi connectivity index (χ0) is 16.5. The maximum atomic E-state index is 13.1. The molecule has 1 atom stereocenters. The van der Waals surface area contributed by atoms with E-state index in [1.165, 1.54) is 24.1 Å². The number of rotatable bonds is 3. The zero-order valence-corrected chi connectivity index (χ0v) is 13.7. The van der Waals surface area contributed by atoms with Crippen molar-refractivity contribution in [2.24, 2.45) is 4.99 Å².